The van der Waals surface area contributed by atoms with Crippen molar-refractivity contribution in [3.8, 4) is 11.1 Å². The molecule has 0 bridgehead atoms. The van der Waals surface area contributed by atoms with E-state index in [0.717, 1.165) is 26.2 Å². The van der Waals surface area contributed by atoms with Gasteiger partial charge in [0.05, 0.1) is 0 Å². The van der Waals surface area contributed by atoms with Gasteiger partial charge in [-0.05, 0) is 35.7 Å². The lowest BCUT2D eigenvalue weighted by molar-refractivity contribution is 0.313. The summed E-state index contributed by atoms with van der Waals surface area (Å²) in [5.74, 6) is 0. The average molecular weight is 302 g/mol. The van der Waals surface area contributed by atoms with Crippen LogP contribution in [0.1, 0.15) is 0 Å². The topological polar surface area (TPSA) is 6.48 Å². The molecule has 0 spiro atoms. The van der Waals surface area contributed by atoms with Gasteiger partial charge in [0.1, 0.15) is 0 Å². The van der Waals surface area contributed by atoms with E-state index in [1.54, 1.807) is 0 Å². The number of anilines is 1. The van der Waals surface area contributed by atoms with Crippen molar-refractivity contribution >= 4 is 16.5 Å². The third-order valence-corrected chi connectivity index (χ3v) is 4.79. The fourth-order valence-electron chi connectivity index (χ4n) is 3.40. The lowest BCUT2D eigenvalue weighted by Gasteiger charge is -2.35. The first-order chi connectivity index (χ1) is 11.3. The minimum Gasteiger partial charge on any atom is -0.368 e. The SMILES string of the molecule is CN1CCN(c2cc(-c3ccccc3)cc3ccccc23)CC1. The molecule has 0 radical (unpaired) electrons. The molecule has 1 fully saturated rings. The first-order valence-corrected chi connectivity index (χ1v) is 8.33. The molecule has 3 aromatic carbocycles. The van der Waals surface area contributed by atoms with Crippen LogP contribution < -0.4 is 4.90 Å². The van der Waals surface area contributed by atoms with Crippen molar-refractivity contribution in [2.75, 3.05) is 38.1 Å². The van der Waals surface area contributed by atoms with Crippen LogP contribution in [0.3, 0.4) is 0 Å². The van der Waals surface area contributed by atoms with Gasteiger partial charge in [0, 0.05) is 37.3 Å². The summed E-state index contributed by atoms with van der Waals surface area (Å²) in [5.41, 5.74) is 3.96. The number of likely N-dealkylation sites (N-methyl/N-ethyl adjacent to an activating group) is 1. The summed E-state index contributed by atoms with van der Waals surface area (Å²) in [6.07, 6.45) is 0. The van der Waals surface area contributed by atoms with E-state index in [0.29, 0.717) is 0 Å². The molecular formula is C21H22N2. The summed E-state index contributed by atoms with van der Waals surface area (Å²) < 4.78 is 0. The second kappa shape index (κ2) is 6.05. The summed E-state index contributed by atoms with van der Waals surface area (Å²) in [6.45, 7) is 4.45. The number of fused-ring (bicyclic) bond motifs is 1. The zero-order valence-corrected chi connectivity index (χ0v) is 13.6. The second-order valence-electron chi connectivity index (χ2n) is 6.37. The molecule has 1 saturated heterocycles. The minimum absolute atomic E-state index is 1.10. The van der Waals surface area contributed by atoms with Crippen molar-refractivity contribution in [3.05, 3.63) is 66.7 Å². The van der Waals surface area contributed by atoms with Crippen LogP contribution in [-0.4, -0.2) is 38.1 Å². The number of nitrogens with zero attached hydrogens (tertiary/aromatic N) is 2. The first kappa shape index (κ1) is 14.3. The highest BCUT2D eigenvalue weighted by atomic mass is 15.2. The Morgan fingerprint density at radius 2 is 1.39 bits per heavy atom. The van der Waals surface area contributed by atoms with Crippen molar-refractivity contribution in [1.82, 2.24) is 4.90 Å². The zero-order chi connectivity index (χ0) is 15.6. The van der Waals surface area contributed by atoms with Crippen LogP contribution >= 0.6 is 0 Å². The molecule has 1 aliphatic rings. The van der Waals surface area contributed by atoms with Gasteiger partial charge in [0.15, 0.2) is 0 Å². The maximum absolute atomic E-state index is 2.54. The van der Waals surface area contributed by atoms with Gasteiger partial charge in [-0.1, -0.05) is 54.6 Å². The Morgan fingerprint density at radius 1 is 0.696 bits per heavy atom. The first-order valence-electron chi connectivity index (χ1n) is 8.33. The number of hydrogen-bond donors (Lipinski definition) is 0. The number of hydrogen-bond acceptors (Lipinski definition) is 2. The predicted molar refractivity (Wildman–Crippen MR) is 99.1 cm³/mol. The molecule has 0 amide bonds. The van der Waals surface area contributed by atoms with Gasteiger partial charge in [0.25, 0.3) is 0 Å². The lowest BCUT2D eigenvalue weighted by Crippen LogP contribution is -2.44. The Bertz CT molecular complexity index is 802. The Kier molecular flexibility index (Phi) is 3.76. The number of benzene rings is 3. The third kappa shape index (κ3) is 2.82. The number of piperazine rings is 1. The average Bonchev–Trinajstić information content (AvgIpc) is 2.62. The molecule has 0 saturated carbocycles. The monoisotopic (exact) mass is 302 g/mol. The molecule has 1 heterocycles. The molecule has 3 aromatic rings. The summed E-state index contributed by atoms with van der Waals surface area (Å²) in [4.78, 5) is 4.94. The molecule has 1 aliphatic heterocycles. The van der Waals surface area contributed by atoms with Gasteiger partial charge >= 0.3 is 0 Å². The van der Waals surface area contributed by atoms with Crippen LogP contribution in [0.15, 0.2) is 66.7 Å². The van der Waals surface area contributed by atoms with E-state index in [2.05, 4.69) is 83.6 Å². The Balaban J connectivity index is 1.84. The Hall–Kier alpha value is -2.32. The van der Waals surface area contributed by atoms with Crippen molar-refractivity contribution in [1.29, 1.82) is 0 Å². The van der Waals surface area contributed by atoms with E-state index in [1.165, 1.54) is 27.6 Å². The lowest BCUT2D eigenvalue weighted by atomic mass is 9.99. The van der Waals surface area contributed by atoms with Crippen molar-refractivity contribution in [3.63, 3.8) is 0 Å². The van der Waals surface area contributed by atoms with Crippen molar-refractivity contribution in [2.24, 2.45) is 0 Å². The Morgan fingerprint density at radius 3 is 2.17 bits per heavy atom. The van der Waals surface area contributed by atoms with Crippen molar-refractivity contribution < 1.29 is 0 Å². The predicted octanol–water partition coefficient (Wildman–Crippen LogP) is 4.26. The smallest absolute Gasteiger partial charge is 0.0453 e. The molecule has 4 rings (SSSR count). The molecule has 0 unspecified atom stereocenters. The standard InChI is InChI=1S/C21H22N2/c1-22-11-13-23(14-12-22)21-16-19(17-7-3-2-4-8-17)15-18-9-5-6-10-20(18)21/h2-10,15-16H,11-14H2,1H3. The van der Waals surface area contributed by atoms with Gasteiger partial charge in [-0.3, -0.25) is 0 Å². The van der Waals surface area contributed by atoms with E-state index >= 15 is 0 Å². The highest BCUT2D eigenvalue weighted by Crippen LogP contribution is 2.33. The summed E-state index contributed by atoms with van der Waals surface area (Å²) >= 11 is 0. The summed E-state index contributed by atoms with van der Waals surface area (Å²) in [7, 11) is 2.20. The van der Waals surface area contributed by atoms with E-state index in [9.17, 15) is 0 Å². The fraction of sp³-hybridized carbons (Fsp3) is 0.238. The Labute approximate surface area is 138 Å². The van der Waals surface area contributed by atoms with Gasteiger partial charge in [-0.15, -0.1) is 0 Å². The second-order valence-corrected chi connectivity index (χ2v) is 6.37. The molecule has 2 nitrogen and oxygen atoms in total. The van der Waals surface area contributed by atoms with Crippen LogP contribution in [-0.2, 0) is 0 Å². The zero-order valence-electron chi connectivity index (χ0n) is 13.6. The highest BCUT2D eigenvalue weighted by Gasteiger charge is 2.17. The molecule has 23 heavy (non-hydrogen) atoms. The van der Waals surface area contributed by atoms with Gasteiger partial charge < -0.3 is 9.80 Å². The van der Waals surface area contributed by atoms with E-state index in [4.69, 9.17) is 0 Å². The largest absolute Gasteiger partial charge is 0.368 e. The van der Waals surface area contributed by atoms with Crippen molar-refractivity contribution in [2.45, 2.75) is 0 Å². The normalized spacial score (nSPS) is 16.0. The third-order valence-electron chi connectivity index (χ3n) is 4.79. The van der Waals surface area contributed by atoms with E-state index < -0.39 is 0 Å². The van der Waals surface area contributed by atoms with E-state index in [-0.39, 0.29) is 0 Å². The summed E-state index contributed by atoms with van der Waals surface area (Å²) in [6, 6.07) is 24.1. The van der Waals surface area contributed by atoms with Crippen LogP contribution in [0.2, 0.25) is 0 Å². The maximum atomic E-state index is 2.54. The van der Waals surface area contributed by atoms with Crippen LogP contribution in [0.4, 0.5) is 5.69 Å². The van der Waals surface area contributed by atoms with Crippen LogP contribution in [0.5, 0.6) is 0 Å². The van der Waals surface area contributed by atoms with E-state index in [1.807, 2.05) is 0 Å². The minimum atomic E-state index is 1.10. The van der Waals surface area contributed by atoms with Gasteiger partial charge in [-0.2, -0.15) is 0 Å². The molecule has 0 aliphatic carbocycles. The van der Waals surface area contributed by atoms with Gasteiger partial charge in [-0.25, -0.2) is 0 Å². The maximum Gasteiger partial charge on any atom is 0.0453 e. The molecule has 116 valence electrons. The quantitative estimate of drug-likeness (QED) is 0.698. The molecule has 2 heteroatoms. The summed E-state index contributed by atoms with van der Waals surface area (Å²) in [5, 5.41) is 2.68. The van der Waals surface area contributed by atoms with Crippen LogP contribution in [0.25, 0.3) is 21.9 Å². The molecule has 0 atom stereocenters. The molecule has 0 aromatic heterocycles. The molecular weight excluding hydrogens is 280 g/mol. The molecule has 0 N–H and O–H groups in total. The van der Waals surface area contributed by atoms with Gasteiger partial charge in [0.2, 0.25) is 0 Å². The fourth-order valence-corrected chi connectivity index (χ4v) is 3.40. The highest BCUT2D eigenvalue weighted by molar-refractivity contribution is 5.98. The number of rotatable bonds is 2. The van der Waals surface area contributed by atoms with Crippen LogP contribution in [0, 0.1) is 0 Å².